The molecule has 0 aliphatic rings. The molecule has 0 heteroatoms. The number of hydrogen-bond acceptors (Lipinski definition) is 0. The zero-order valence-corrected chi connectivity index (χ0v) is 14.7. The molecule has 0 bridgehead atoms. The van der Waals surface area contributed by atoms with Crippen LogP contribution in [0.25, 0.3) is 28.3 Å². The van der Waals surface area contributed by atoms with Gasteiger partial charge in [0.15, 0.2) is 0 Å². The second kappa shape index (κ2) is 6.49. The van der Waals surface area contributed by atoms with E-state index >= 15 is 0 Å². The van der Waals surface area contributed by atoms with E-state index in [0.29, 0.717) is 0 Å². The van der Waals surface area contributed by atoms with Gasteiger partial charge in [0, 0.05) is 0 Å². The topological polar surface area (TPSA) is 0 Å². The summed E-state index contributed by atoms with van der Waals surface area (Å²) in [4.78, 5) is 0. The normalized spacial score (nSPS) is 11.3. The van der Waals surface area contributed by atoms with Crippen molar-refractivity contribution in [3.8, 4) is 22.3 Å². The minimum atomic E-state index is 0.174. The smallest absolute Gasteiger partial charge is 0.00995 e. The first kappa shape index (κ1) is 16.3. The highest BCUT2D eigenvalue weighted by molar-refractivity contribution is 5.85. The fraction of sp³-hybridized carbons (Fsp3) is 0.167. The summed E-state index contributed by atoms with van der Waals surface area (Å²) in [6, 6.07) is 26.0. The minimum absolute atomic E-state index is 0.174. The Balaban J connectivity index is 2.12. The largest absolute Gasteiger partial charge is 0.0985 e. The van der Waals surface area contributed by atoms with Crippen LogP contribution in [0.5, 0.6) is 0 Å². The Morgan fingerprint density at radius 2 is 1.33 bits per heavy atom. The van der Waals surface area contributed by atoms with Crippen molar-refractivity contribution in [3.63, 3.8) is 0 Å². The fourth-order valence-corrected chi connectivity index (χ4v) is 2.95. The summed E-state index contributed by atoms with van der Waals surface area (Å²) in [5.41, 5.74) is 7.66. The first-order valence-corrected chi connectivity index (χ1v) is 8.42. The highest BCUT2D eigenvalue weighted by Crippen LogP contribution is 2.34. The van der Waals surface area contributed by atoms with Gasteiger partial charge >= 0.3 is 0 Å². The van der Waals surface area contributed by atoms with Crippen LogP contribution >= 0.6 is 0 Å². The molecule has 0 fully saturated rings. The molecule has 0 N–H and O–H groups in total. The zero-order chi connectivity index (χ0) is 17.2. The van der Waals surface area contributed by atoms with Gasteiger partial charge in [0.25, 0.3) is 0 Å². The molecule has 120 valence electrons. The monoisotopic (exact) mass is 312 g/mol. The Labute approximate surface area is 145 Å². The van der Waals surface area contributed by atoms with E-state index in [0.717, 1.165) is 5.56 Å². The molecule has 0 spiro atoms. The molecule has 24 heavy (non-hydrogen) atoms. The molecule has 0 radical (unpaired) electrons. The molecule has 0 aromatic heterocycles. The summed E-state index contributed by atoms with van der Waals surface area (Å²) in [6.07, 6.45) is 1.90. The van der Waals surface area contributed by atoms with E-state index in [-0.39, 0.29) is 5.41 Å². The van der Waals surface area contributed by atoms with Crippen LogP contribution in [-0.2, 0) is 5.41 Å². The first-order valence-electron chi connectivity index (χ1n) is 8.42. The quantitative estimate of drug-likeness (QED) is 0.490. The van der Waals surface area contributed by atoms with Crippen LogP contribution in [0, 0.1) is 0 Å². The summed E-state index contributed by atoms with van der Waals surface area (Å²) in [6.45, 7) is 10.6. The highest BCUT2D eigenvalue weighted by Gasteiger charge is 2.14. The second-order valence-corrected chi connectivity index (χ2v) is 7.20. The lowest BCUT2D eigenvalue weighted by Crippen LogP contribution is -2.10. The molecule has 3 aromatic rings. The maximum Gasteiger partial charge on any atom is -0.00995 e. The average Bonchev–Trinajstić information content (AvgIpc) is 2.61. The van der Waals surface area contributed by atoms with Crippen molar-refractivity contribution < 1.29 is 0 Å². The molecule has 0 aliphatic carbocycles. The van der Waals surface area contributed by atoms with Crippen molar-refractivity contribution in [1.29, 1.82) is 0 Å². The van der Waals surface area contributed by atoms with Gasteiger partial charge in [-0.2, -0.15) is 0 Å². The number of rotatable bonds is 3. The molecule has 0 unspecified atom stereocenters. The van der Waals surface area contributed by atoms with E-state index in [2.05, 4.69) is 100 Å². The van der Waals surface area contributed by atoms with E-state index in [4.69, 9.17) is 0 Å². The van der Waals surface area contributed by atoms with Gasteiger partial charge in [-0.1, -0.05) is 100 Å². The van der Waals surface area contributed by atoms with Crippen LogP contribution in [0.4, 0.5) is 0 Å². The lowest BCUT2D eigenvalue weighted by molar-refractivity contribution is 0.590. The average molecular weight is 312 g/mol. The Morgan fingerprint density at radius 1 is 0.708 bits per heavy atom. The molecule has 0 nitrogen and oxygen atoms in total. The first-order chi connectivity index (χ1) is 11.5. The SMILES string of the molecule is C=Cc1ccc(-c2ccc(C(C)(C)C)cc2)c(-c2ccccc2)c1. The Morgan fingerprint density at radius 3 is 1.92 bits per heavy atom. The van der Waals surface area contributed by atoms with E-state index in [1.54, 1.807) is 0 Å². The lowest BCUT2D eigenvalue weighted by atomic mass is 9.85. The molecule has 3 rings (SSSR count). The summed E-state index contributed by atoms with van der Waals surface area (Å²) in [5, 5.41) is 0. The number of hydrogen-bond donors (Lipinski definition) is 0. The van der Waals surface area contributed by atoms with Crippen molar-refractivity contribution in [2.75, 3.05) is 0 Å². The fourth-order valence-electron chi connectivity index (χ4n) is 2.95. The maximum atomic E-state index is 3.91. The van der Waals surface area contributed by atoms with Gasteiger partial charge in [0.2, 0.25) is 0 Å². The third-order valence-corrected chi connectivity index (χ3v) is 4.43. The Bertz CT molecular complexity index is 831. The second-order valence-electron chi connectivity index (χ2n) is 7.20. The van der Waals surface area contributed by atoms with Gasteiger partial charge < -0.3 is 0 Å². The summed E-state index contributed by atoms with van der Waals surface area (Å²) < 4.78 is 0. The van der Waals surface area contributed by atoms with Crippen molar-refractivity contribution >= 4 is 6.08 Å². The van der Waals surface area contributed by atoms with Crippen LogP contribution in [0.3, 0.4) is 0 Å². The molecular formula is C24H24. The van der Waals surface area contributed by atoms with Crippen LogP contribution in [0.2, 0.25) is 0 Å². The third kappa shape index (κ3) is 3.33. The van der Waals surface area contributed by atoms with E-state index in [1.165, 1.54) is 27.8 Å². The zero-order valence-electron chi connectivity index (χ0n) is 14.7. The molecule has 0 saturated carbocycles. The van der Waals surface area contributed by atoms with Gasteiger partial charge in [0.05, 0.1) is 0 Å². The van der Waals surface area contributed by atoms with Crippen molar-refractivity contribution in [1.82, 2.24) is 0 Å². The van der Waals surface area contributed by atoms with E-state index in [1.807, 2.05) is 6.08 Å². The molecule has 0 aliphatic heterocycles. The van der Waals surface area contributed by atoms with Crippen LogP contribution in [0.1, 0.15) is 31.9 Å². The highest BCUT2D eigenvalue weighted by atomic mass is 14.2. The van der Waals surface area contributed by atoms with Gasteiger partial charge in [-0.15, -0.1) is 0 Å². The van der Waals surface area contributed by atoms with Crippen LogP contribution < -0.4 is 0 Å². The van der Waals surface area contributed by atoms with Crippen LogP contribution in [-0.4, -0.2) is 0 Å². The summed E-state index contributed by atoms with van der Waals surface area (Å²) >= 11 is 0. The molecule has 0 amide bonds. The standard InChI is InChI=1S/C24H24/c1-5-18-11-16-22(23(17-18)19-9-7-6-8-10-19)20-12-14-21(15-13-20)24(2,3)4/h5-17H,1H2,2-4H3. The van der Waals surface area contributed by atoms with Gasteiger partial charge in [-0.05, 0) is 44.9 Å². The summed E-state index contributed by atoms with van der Waals surface area (Å²) in [7, 11) is 0. The Hall–Kier alpha value is -2.60. The molecule has 3 aromatic carbocycles. The van der Waals surface area contributed by atoms with Gasteiger partial charge in [-0.25, -0.2) is 0 Å². The molecular weight excluding hydrogens is 288 g/mol. The van der Waals surface area contributed by atoms with Gasteiger partial charge in [0.1, 0.15) is 0 Å². The molecule has 0 saturated heterocycles. The summed E-state index contributed by atoms with van der Waals surface area (Å²) in [5.74, 6) is 0. The van der Waals surface area contributed by atoms with Crippen molar-refractivity contribution in [3.05, 3.63) is 90.5 Å². The van der Waals surface area contributed by atoms with Crippen molar-refractivity contribution in [2.24, 2.45) is 0 Å². The maximum absolute atomic E-state index is 3.91. The Kier molecular flexibility index (Phi) is 4.40. The van der Waals surface area contributed by atoms with Crippen LogP contribution in [0.15, 0.2) is 79.4 Å². The van der Waals surface area contributed by atoms with Gasteiger partial charge in [-0.3, -0.25) is 0 Å². The van der Waals surface area contributed by atoms with Crippen molar-refractivity contribution in [2.45, 2.75) is 26.2 Å². The molecule has 0 atom stereocenters. The minimum Gasteiger partial charge on any atom is -0.0985 e. The van der Waals surface area contributed by atoms with E-state index in [9.17, 15) is 0 Å². The van der Waals surface area contributed by atoms with E-state index < -0.39 is 0 Å². The third-order valence-electron chi connectivity index (χ3n) is 4.43. The number of benzene rings is 3. The predicted octanol–water partition coefficient (Wildman–Crippen LogP) is 6.96. The lowest BCUT2D eigenvalue weighted by Gasteiger charge is -2.19. The predicted molar refractivity (Wildman–Crippen MR) is 106 cm³/mol. The molecule has 0 heterocycles.